The molecule has 0 atom stereocenters. The number of nitrogens with one attached hydrogen (secondary N) is 1. The summed E-state index contributed by atoms with van der Waals surface area (Å²) < 4.78 is 4.70. The van der Waals surface area contributed by atoms with Gasteiger partial charge in [-0.15, -0.1) is 0 Å². The van der Waals surface area contributed by atoms with Gasteiger partial charge >= 0.3 is 6.09 Å². The van der Waals surface area contributed by atoms with Crippen LogP contribution >= 0.6 is 13.5 Å². The maximum absolute atomic E-state index is 10.9. The zero-order chi connectivity index (χ0) is 8.81. The minimum Gasteiger partial charge on any atom is -0.450 e. The summed E-state index contributed by atoms with van der Waals surface area (Å²) in [6.45, 7) is 2.16. The van der Waals surface area contributed by atoms with Crippen LogP contribution in [0.5, 0.6) is 0 Å². The van der Waals surface area contributed by atoms with E-state index in [4.69, 9.17) is 4.74 Å². The Morgan fingerprint density at radius 1 is 1.38 bits per heavy atom. The SMILES string of the molecule is CCOC(=O)Nc1ccccc1.S. The molecule has 1 amide bonds. The first-order chi connectivity index (χ1) is 5.83. The third-order valence-electron chi connectivity index (χ3n) is 1.30. The van der Waals surface area contributed by atoms with Crippen molar-refractivity contribution in [3.05, 3.63) is 30.3 Å². The lowest BCUT2D eigenvalue weighted by atomic mass is 10.3. The molecule has 0 saturated heterocycles. The first-order valence-corrected chi connectivity index (χ1v) is 3.81. The molecule has 0 aromatic heterocycles. The molecule has 1 aromatic carbocycles. The molecule has 1 rings (SSSR count). The van der Waals surface area contributed by atoms with Gasteiger partial charge in [-0.05, 0) is 19.1 Å². The van der Waals surface area contributed by atoms with Crippen LogP contribution < -0.4 is 5.32 Å². The maximum atomic E-state index is 10.9. The lowest BCUT2D eigenvalue weighted by Gasteiger charge is -2.03. The second-order valence-corrected chi connectivity index (χ2v) is 2.21. The topological polar surface area (TPSA) is 38.3 Å². The Bertz CT molecular complexity index is 251. The Hall–Kier alpha value is -1.16. The van der Waals surface area contributed by atoms with Gasteiger partial charge in [-0.2, -0.15) is 13.5 Å². The number of ether oxygens (including phenoxy) is 1. The second-order valence-electron chi connectivity index (χ2n) is 2.21. The third-order valence-corrected chi connectivity index (χ3v) is 1.30. The number of rotatable bonds is 2. The summed E-state index contributed by atoms with van der Waals surface area (Å²) in [6, 6.07) is 9.19. The van der Waals surface area contributed by atoms with Gasteiger partial charge in [-0.25, -0.2) is 4.79 Å². The van der Waals surface area contributed by atoms with Crippen LogP contribution in [0.4, 0.5) is 10.5 Å². The lowest BCUT2D eigenvalue weighted by Crippen LogP contribution is -2.12. The molecule has 72 valence electrons. The van der Waals surface area contributed by atoms with Gasteiger partial charge in [0.25, 0.3) is 0 Å². The number of hydrogen-bond donors (Lipinski definition) is 1. The Morgan fingerprint density at radius 2 is 2.00 bits per heavy atom. The van der Waals surface area contributed by atoms with Crippen LogP contribution in [0.1, 0.15) is 6.92 Å². The summed E-state index contributed by atoms with van der Waals surface area (Å²) in [5.41, 5.74) is 0.746. The number of benzene rings is 1. The molecule has 1 aromatic rings. The van der Waals surface area contributed by atoms with Crippen molar-refractivity contribution in [2.24, 2.45) is 0 Å². The van der Waals surface area contributed by atoms with E-state index < -0.39 is 6.09 Å². The second kappa shape index (κ2) is 6.37. The van der Waals surface area contributed by atoms with E-state index in [2.05, 4.69) is 5.32 Å². The highest BCUT2D eigenvalue weighted by molar-refractivity contribution is 7.59. The molecule has 0 spiro atoms. The van der Waals surface area contributed by atoms with Crippen LogP contribution in [0.2, 0.25) is 0 Å². The highest BCUT2D eigenvalue weighted by Gasteiger charge is 1.98. The van der Waals surface area contributed by atoms with Gasteiger partial charge in [0.1, 0.15) is 0 Å². The molecular formula is C9H13NO2S. The molecule has 1 N–H and O–H groups in total. The Kier molecular flexibility index (Phi) is 5.80. The number of carbonyl (C=O) groups is 1. The summed E-state index contributed by atoms with van der Waals surface area (Å²) >= 11 is 0. The van der Waals surface area contributed by atoms with Crippen molar-refractivity contribution in [1.29, 1.82) is 0 Å². The van der Waals surface area contributed by atoms with E-state index in [9.17, 15) is 4.79 Å². The average molecular weight is 199 g/mol. The minimum absolute atomic E-state index is 0. The van der Waals surface area contributed by atoms with Gasteiger partial charge in [0.15, 0.2) is 0 Å². The zero-order valence-electron chi connectivity index (χ0n) is 7.41. The molecule has 0 aliphatic rings. The standard InChI is InChI=1S/C9H11NO2.H2S/c1-2-12-9(11)10-8-6-4-3-5-7-8;/h3-7H,2H2,1H3,(H,10,11);1H2. The fraction of sp³-hybridized carbons (Fsp3) is 0.222. The van der Waals surface area contributed by atoms with Gasteiger partial charge in [0.05, 0.1) is 6.61 Å². The smallest absolute Gasteiger partial charge is 0.411 e. The lowest BCUT2D eigenvalue weighted by molar-refractivity contribution is 0.168. The quantitative estimate of drug-likeness (QED) is 0.794. The molecule has 0 bridgehead atoms. The van der Waals surface area contributed by atoms with Crippen LogP contribution in [0.3, 0.4) is 0 Å². The number of para-hydroxylation sites is 1. The number of amides is 1. The predicted molar refractivity (Wildman–Crippen MR) is 57.5 cm³/mol. The van der Waals surface area contributed by atoms with Crippen LogP contribution in [0.25, 0.3) is 0 Å². The number of hydrogen-bond acceptors (Lipinski definition) is 2. The fourth-order valence-electron chi connectivity index (χ4n) is 0.807. The number of anilines is 1. The third kappa shape index (κ3) is 4.42. The molecule has 0 aliphatic heterocycles. The van der Waals surface area contributed by atoms with E-state index in [1.54, 1.807) is 19.1 Å². The van der Waals surface area contributed by atoms with Crippen molar-refractivity contribution in [2.75, 3.05) is 11.9 Å². The van der Waals surface area contributed by atoms with E-state index in [-0.39, 0.29) is 13.5 Å². The van der Waals surface area contributed by atoms with Gasteiger partial charge in [-0.1, -0.05) is 18.2 Å². The van der Waals surface area contributed by atoms with Crippen molar-refractivity contribution in [1.82, 2.24) is 0 Å². The highest BCUT2D eigenvalue weighted by atomic mass is 32.1. The van der Waals surface area contributed by atoms with E-state index in [1.807, 2.05) is 18.2 Å². The van der Waals surface area contributed by atoms with E-state index in [0.29, 0.717) is 6.61 Å². The molecular weight excluding hydrogens is 186 g/mol. The molecule has 4 heteroatoms. The number of carbonyl (C=O) groups excluding carboxylic acids is 1. The Labute approximate surface area is 84.5 Å². The predicted octanol–water partition coefficient (Wildman–Crippen LogP) is 2.37. The van der Waals surface area contributed by atoms with E-state index >= 15 is 0 Å². The minimum atomic E-state index is -0.413. The van der Waals surface area contributed by atoms with Crippen LogP contribution in [0, 0.1) is 0 Å². The van der Waals surface area contributed by atoms with Crippen LogP contribution in [0.15, 0.2) is 30.3 Å². The van der Waals surface area contributed by atoms with Crippen molar-refractivity contribution >= 4 is 25.3 Å². The summed E-state index contributed by atoms with van der Waals surface area (Å²) in [7, 11) is 0. The largest absolute Gasteiger partial charge is 0.450 e. The summed E-state index contributed by atoms with van der Waals surface area (Å²) in [4.78, 5) is 10.9. The Balaban J connectivity index is 0.00000144. The molecule has 0 aliphatic carbocycles. The van der Waals surface area contributed by atoms with Gasteiger partial charge in [0.2, 0.25) is 0 Å². The van der Waals surface area contributed by atoms with Crippen LogP contribution in [-0.2, 0) is 4.74 Å². The van der Waals surface area contributed by atoms with E-state index in [0.717, 1.165) is 5.69 Å². The monoisotopic (exact) mass is 199 g/mol. The highest BCUT2D eigenvalue weighted by Crippen LogP contribution is 2.04. The Morgan fingerprint density at radius 3 is 2.54 bits per heavy atom. The summed E-state index contributed by atoms with van der Waals surface area (Å²) in [5.74, 6) is 0. The molecule has 0 radical (unpaired) electrons. The average Bonchev–Trinajstić information content (AvgIpc) is 2.06. The zero-order valence-corrected chi connectivity index (χ0v) is 8.41. The van der Waals surface area contributed by atoms with Crippen molar-refractivity contribution in [3.8, 4) is 0 Å². The first-order valence-electron chi connectivity index (χ1n) is 3.81. The van der Waals surface area contributed by atoms with Gasteiger partial charge < -0.3 is 4.74 Å². The van der Waals surface area contributed by atoms with Crippen molar-refractivity contribution < 1.29 is 9.53 Å². The summed E-state index contributed by atoms with van der Waals surface area (Å²) in [5, 5.41) is 2.58. The molecule has 13 heavy (non-hydrogen) atoms. The molecule has 0 saturated carbocycles. The van der Waals surface area contributed by atoms with Gasteiger partial charge in [-0.3, -0.25) is 5.32 Å². The molecule has 0 unspecified atom stereocenters. The molecule has 3 nitrogen and oxygen atoms in total. The first kappa shape index (κ1) is 11.8. The maximum Gasteiger partial charge on any atom is 0.411 e. The van der Waals surface area contributed by atoms with Gasteiger partial charge in [0, 0.05) is 5.69 Å². The van der Waals surface area contributed by atoms with E-state index in [1.165, 1.54) is 0 Å². The molecule has 0 fully saturated rings. The van der Waals surface area contributed by atoms with Crippen molar-refractivity contribution in [3.63, 3.8) is 0 Å². The normalized spacial score (nSPS) is 8.38. The fourth-order valence-corrected chi connectivity index (χ4v) is 0.807. The molecule has 0 heterocycles. The summed E-state index contributed by atoms with van der Waals surface area (Å²) in [6.07, 6.45) is -0.413. The van der Waals surface area contributed by atoms with Crippen LogP contribution in [-0.4, -0.2) is 12.7 Å². The van der Waals surface area contributed by atoms with Crippen molar-refractivity contribution in [2.45, 2.75) is 6.92 Å².